The molecule has 3 rings (SSSR count). The molecule has 0 aromatic carbocycles. The van der Waals surface area contributed by atoms with Gasteiger partial charge in [0.2, 0.25) is 0 Å². The van der Waals surface area contributed by atoms with Crippen LogP contribution in [0.15, 0.2) is 23.3 Å². The van der Waals surface area contributed by atoms with Gasteiger partial charge in [-0.05, 0) is 55.8 Å². The van der Waals surface area contributed by atoms with Gasteiger partial charge in [0.1, 0.15) is 5.82 Å². The van der Waals surface area contributed by atoms with Crippen molar-refractivity contribution in [3.63, 3.8) is 0 Å². The average molecular weight is 559 g/mol. The van der Waals surface area contributed by atoms with E-state index in [9.17, 15) is 5.11 Å². The molecule has 3 N–H and O–H groups in total. The van der Waals surface area contributed by atoms with Gasteiger partial charge in [0.15, 0.2) is 5.96 Å². The first-order valence-electron chi connectivity index (χ1n) is 12.2. The second-order valence-corrected chi connectivity index (χ2v) is 9.03. The molecule has 1 saturated carbocycles. The highest BCUT2D eigenvalue weighted by Gasteiger charge is 2.31. The summed E-state index contributed by atoms with van der Waals surface area (Å²) < 4.78 is 0. The van der Waals surface area contributed by atoms with Gasteiger partial charge in [-0.1, -0.05) is 26.2 Å². The Balaban J connectivity index is 0.00000363. The van der Waals surface area contributed by atoms with E-state index in [1.807, 2.05) is 6.20 Å². The predicted octanol–water partition coefficient (Wildman–Crippen LogP) is 3.23. The normalized spacial score (nSPS) is 19.3. The number of nitrogens with one attached hydrogen (secondary N) is 2. The summed E-state index contributed by atoms with van der Waals surface area (Å²) in [7, 11) is 0. The lowest BCUT2D eigenvalue weighted by Crippen LogP contribution is -2.46. The van der Waals surface area contributed by atoms with Crippen LogP contribution in [0.5, 0.6) is 0 Å². The van der Waals surface area contributed by atoms with Crippen molar-refractivity contribution in [1.29, 1.82) is 0 Å². The van der Waals surface area contributed by atoms with Crippen molar-refractivity contribution in [2.75, 3.05) is 57.3 Å². The van der Waals surface area contributed by atoms with Gasteiger partial charge in [-0.2, -0.15) is 0 Å². The zero-order chi connectivity index (χ0) is 21.9. The predicted molar refractivity (Wildman–Crippen MR) is 144 cm³/mol. The first-order chi connectivity index (χ1) is 15.2. The zero-order valence-corrected chi connectivity index (χ0v) is 22.3. The van der Waals surface area contributed by atoms with E-state index in [1.165, 1.54) is 37.7 Å². The number of nitrogens with zero attached hydrogens (tertiary/aromatic N) is 4. The molecular formula is C24H43IN6O. The van der Waals surface area contributed by atoms with Crippen LogP contribution < -0.4 is 15.5 Å². The number of guanidine groups is 1. The van der Waals surface area contributed by atoms with Crippen LogP contribution in [-0.4, -0.2) is 73.4 Å². The van der Waals surface area contributed by atoms with Crippen LogP contribution in [0.4, 0.5) is 5.82 Å². The summed E-state index contributed by atoms with van der Waals surface area (Å²) in [5.74, 6) is 1.92. The van der Waals surface area contributed by atoms with Gasteiger partial charge in [0.05, 0.1) is 6.54 Å². The minimum Gasteiger partial charge on any atom is -0.396 e. The van der Waals surface area contributed by atoms with E-state index in [0.717, 1.165) is 64.0 Å². The zero-order valence-electron chi connectivity index (χ0n) is 20.0. The largest absolute Gasteiger partial charge is 0.396 e. The lowest BCUT2D eigenvalue weighted by atomic mass is 9.72. The third-order valence-corrected chi connectivity index (χ3v) is 6.90. The summed E-state index contributed by atoms with van der Waals surface area (Å²) in [6.07, 6.45) is 9.02. The molecule has 0 amide bonds. The molecule has 0 bridgehead atoms. The van der Waals surface area contributed by atoms with Crippen LogP contribution in [0.2, 0.25) is 0 Å². The molecule has 2 fully saturated rings. The minimum atomic E-state index is 0. The Labute approximate surface area is 211 Å². The summed E-state index contributed by atoms with van der Waals surface area (Å²) in [6.45, 7) is 12.3. The van der Waals surface area contributed by atoms with E-state index < -0.39 is 0 Å². The first-order valence-corrected chi connectivity index (χ1v) is 12.2. The number of rotatable bonds is 9. The molecule has 1 saturated heterocycles. The number of anilines is 1. The Morgan fingerprint density at radius 2 is 1.88 bits per heavy atom. The fourth-order valence-corrected chi connectivity index (χ4v) is 4.86. The standard InChI is InChI=1S/C24H42N6O.HI/c1-3-25-23(28-20-24(11-17-31)9-6-5-7-10-24)27-19-21-8-12-26-22(18-21)30-15-13-29(4-2)14-16-30;/h8,12,18,31H,3-7,9-11,13-17,19-20H2,1-2H3,(H2,25,27,28);1H. The van der Waals surface area contributed by atoms with Crippen molar-refractivity contribution in [2.24, 2.45) is 10.4 Å². The first kappa shape index (κ1) is 27.1. The number of halogens is 1. The molecule has 7 nitrogen and oxygen atoms in total. The van der Waals surface area contributed by atoms with Gasteiger partial charge in [-0.3, -0.25) is 0 Å². The van der Waals surface area contributed by atoms with E-state index in [0.29, 0.717) is 6.54 Å². The van der Waals surface area contributed by atoms with E-state index >= 15 is 0 Å². The Hall–Kier alpha value is -1.13. The maximum atomic E-state index is 9.58. The molecule has 1 aromatic rings. The van der Waals surface area contributed by atoms with Crippen LogP contribution in [0.3, 0.4) is 0 Å². The monoisotopic (exact) mass is 558 g/mol. The van der Waals surface area contributed by atoms with E-state index in [-0.39, 0.29) is 36.0 Å². The number of aliphatic imine (C=N–C) groups is 1. The number of hydrogen-bond donors (Lipinski definition) is 3. The number of aliphatic hydroxyl groups is 1. The molecule has 32 heavy (non-hydrogen) atoms. The highest BCUT2D eigenvalue weighted by atomic mass is 127. The molecule has 182 valence electrons. The number of aromatic nitrogens is 1. The molecule has 0 spiro atoms. The Kier molecular flexibility index (Phi) is 12.0. The fraction of sp³-hybridized carbons (Fsp3) is 0.750. The van der Waals surface area contributed by atoms with Crippen LogP contribution in [-0.2, 0) is 6.54 Å². The molecule has 0 radical (unpaired) electrons. The maximum Gasteiger partial charge on any atom is 0.191 e. The van der Waals surface area contributed by atoms with Crippen LogP contribution in [0, 0.1) is 5.41 Å². The highest BCUT2D eigenvalue weighted by Crippen LogP contribution is 2.38. The fourth-order valence-electron chi connectivity index (χ4n) is 4.86. The number of piperazine rings is 1. The number of likely N-dealkylation sites (N-methyl/N-ethyl adjacent to an activating group) is 1. The second kappa shape index (κ2) is 14.2. The maximum absolute atomic E-state index is 9.58. The quantitative estimate of drug-likeness (QED) is 0.246. The highest BCUT2D eigenvalue weighted by molar-refractivity contribution is 14.0. The van der Waals surface area contributed by atoms with Crippen molar-refractivity contribution in [2.45, 2.75) is 58.9 Å². The lowest BCUT2D eigenvalue weighted by molar-refractivity contribution is 0.131. The van der Waals surface area contributed by atoms with Gasteiger partial charge in [-0.25, -0.2) is 9.98 Å². The van der Waals surface area contributed by atoms with E-state index in [1.54, 1.807) is 0 Å². The number of aliphatic hydroxyl groups excluding tert-OH is 1. The van der Waals surface area contributed by atoms with Crippen LogP contribution >= 0.6 is 24.0 Å². The summed E-state index contributed by atoms with van der Waals surface area (Å²) >= 11 is 0. The number of pyridine rings is 1. The second-order valence-electron chi connectivity index (χ2n) is 9.03. The molecule has 0 atom stereocenters. The number of hydrogen-bond acceptors (Lipinski definition) is 5. The van der Waals surface area contributed by atoms with Gasteiger partial charge < -0.3 is 25.5 Å². The van der Waals surface area contributed by atoms with Crippen molar-refractivity contribution in [3.8, 4) is 0 Å². The molecule has 1 aliphatic heterocycles. The third kappa shape index (κ3) is 8.02. The van der Waals surface area contributed by atoms with Crippen LogP contribution in [0.25, 0.3) is 0 Å². The summed E-state index contributed by atoms with van der Waals surface area (Å²) in [5.41, 5.74) is 1.39. The van der Waals surface area contributed by atoms with Crippen molar-refractivity contribution >= 4 is 35.8 Å². The van der Waals surface area contributed by atoms with Crippen molar-refractivity contribution in [3.05, 3.63) is 23.9 Å². The van der Waals surface area contributed by atoms with E-state index in [2.05, 4.69) is 51.4 Å². The summed E-state index contributed by atoms with van der Waals surface area (Å²) in [6, 6.07) is 4.25. The van der Waals surface area contributed by atoms with Gasteiger partial charge in [0, 0.05) is 52.1 Å². The molecule has 2 aliphatic rings. The average Bonchev–Trinajstić information content (AvgIpc) is 2.82. The SMILES string of the molecule is CCNC(=NCc1ccnc(N2CCN(CC)CC2)c1)NCC1(CCO)CCCCC1.I. The summed E-state index contributed by atoms with van der Waals surface area (Å²) in [5, 5.41) is 16.5. The Bertz CT molecular complexity index is 681. The van der Waals surface area contributed by atoms with E-state index in [4.69, 9.17) is 4.99 Å². The van der Waals surface area contributed by atoms with Gasteiger partial charge >= 0.3 is 0 Å². The van der Waals surface area contributed by atoms with Gasteiger partial charge in [-0.15, -0.1) is 24.0 Å². The Morgan fingerprint density at radius 1 is 1.12 bits per heavy atom. The third-order valence-electron chi connectivity index (χ3n) is 6.90. The Morgan fingerprint density at radius 3 is 2.53 bits per heavy atom. The molecule has 1 aromatic heterocycles. The minimum absolute atomic E-state index is 0. The molecule has 0 unspecified atom stereocenters. The smallest absolute Gasteiger partial charge is 0.191 e. The molecule has 2 heterocycles. The van der Waals surface area contributed by atoms with Gasteiger partial charge in [0.25, 0.3) is 0 Å². The molecular weight excluding hydrogens is 515 g/mol. The lowest BCUT2D eigenvalue weighted by Gasteiger charge is -2.37. The molecule has 8 heteroatoms. The summed E-state index contributed by atoms with van der Waals surface area (Å²) in [4.78, 5) is 14.3. The van der Waals surface area contributed by atoms with Crippen molar-refractivity contribution < 1.29 is 5.11 Å². The van der Waals surface area contributed by atoms with Crippen LogP contribution in [0.1, 0.15) is 57.9 Å². The topological polar surface area (TPSA) is 76.0 Å². The molecule has 1 aliphatic carbocycles. The van der Waals surface area contributed by atoms with Crippen molar-refractivity contribution in [1.82, 2.24) is 20.5 Å².